The van der Waals surface area contributed by atoms with Gasteiger partial charge in [-0.05, 0) is 53.7 Å². The van der Waals surface area contributed by atoms with E-state index in [9.17, 15) is 4.79 Å². The summed E-state index contributed by atoms with van der Waals surface area (Å²) in [7, 11) is 1.82. The summed E-state index contributed by atoms with van der Waals surface area (Å²) in [5, 5.41) is 0. The Labute approximate surface area is 117 Å². The van der Waals surface area contributed by atoms with Crippen LogP contribution in [-0.4, -0.2) is 29.1 Å². The van der Waals surface area contributed by atoms with Gasteiger partial charge in [-0.2, -0.15) is 0 Å². The van der Waals surface area contributed by atoms with Crippen LogP contribution < -0.4 is 4.90 Å². The van der Waals surface area contributed by atoms with E-state index in [0.717, 1.165) is 5.69 Å². The molecule has 0 atom stereocenters. The molecule has 0 aromatic heterocycles. The van der Waals surface area contributed by atoms with Crippen molar-refractivity contribution in [3.05, 3.63) is 30.3 Å². The minimum atomic E-state index is -0.224. The summed E-state index contributed by atoms with van der Waals surface area (Å²) < 4.78 is 0. The molecule has 3 nitrogen and oxygen atoms in total. The molecule has 19 heavy (non-hydrogen) atoms. The first-order valence-corrected chi connectivity index (χ1v) is 6.68. The summed E-state index contributed by atoms with van der Waals surface area (Å²) in [6.45, 7) is 12.4. The normalized spacial score (nSPS) is 12.2. The molecule has 0 fully saturated rings. The van der Waals surface area contributed by atoms with Gasteiger partial charge in [0.1, 0.15) is 0 Å². The van der Waals surface area contributed by atoms with Gasteiger partial charge in [-0.25, -0.2) is 4.79 Å². The lowest BCUT2D eigenvalue weighted by molar-refractivity contribution is 0.0790. The van der Waals surface area contributed by atoms with Gasteiger partial charge in [0.2, 0.25) is 0 Å². The van der Waals surface area contributed by atoms with E-state index in [4.69, 9.17) is 0 Å². The average Bonchev–Trinajstić information content (AvgIpc) is 2.25. The Balaban J connectivity index is 3.09. The van der Waals surface area contributed by atoms with Crippen molar-refractivity contribution in [2.75, 3.05) is 11.9 Å². The van der Waals surface area contributed by atoms with Crippen LogP contribution in [0.15, 0.2) is 30.3 Å². The van der Waals surface area contributed by atoms with Gasteiger partial charge in [-0.3, -0.25) is 4.90 Å². The highest BCUT2D eigenvalue weighted by atomic mass is 16.2. The number of nitrogens with zero attached hydrogens (tertiary/aromatic N) is 2. The molecular weight excluding hydrogens is 236 g/mol. The Kier molecular flexibility index (Phi) is 4.28. The fourth-order valence-electron chi connectivity index (χ4n) is 2.49. The lowest BCUT2D eigenvalue weighted by atomic mass is 9.96. The standard InChI is InChI=1S/C16H26N2O/c1-15(2,3)18(16(4,5)6)14(19)17(7)13-11-9-8-10-12-13/h8-12H,1-7H3. The number of para-hydroxylation sites is 1. The van der Waals surface area contributed by atoms with Crippen molar-refractivity contribution >= 4 is 11.7 Å². The van der Waals surface area contributed by atoms with Gasteiger partial charge < -0.3 is 4.90 Å². The van der Waals surface area contributed by atoms with Gasteiger partial charge in [0.15, 0.2) is 0 Å². The first-order chi connectivity index (χ1) is 8.55. The van der Waals surface area contributed by atoms with Crippen LogP contribution in [0.25, 0.3) is 0 Å². The topological polar surface area (TPSA) is 23.6 Å². The Hall–Kier alpha value is -1.51. The van der Waals surface area contributed by atoms with E-state index in [1.165, 1.54) is 0 Å². The number of carbonyl (C=O) groups is 1. The highest BCUT2D eigenvalue weighted by molar-refractivity contribution is 5.92. The van der Waals surface area contributed by atoms with Crippen LogP contribution in [-0.2, 0) is 0 Å². The van der Waals surface area contributed by atoms with Crippen LogP contribution in [0.3, 0.4) is 0 Å². The van der Waals surface area contributed by atoms with E-state index in [1.807, 2.05) is 42.3 Å². The van der Waals surface area contributed by atoms with Gasteiger partial charge >= 0.3 is 6.03 Å². The van der Waals surface area contributed by atoms with E-state index in [2.05, 4.69) is 41.5 Å². The van der Waals surface area contributed by atoms with Crippen molar-refractivity contribution in [2.24, 2.45) is 0 Å². The average molecular weight is 262 g/mol. The summed E-state index contributed by atoms with van der Waals surface area (Å²) >= 11 is 0. The number of hydrogen-bond acceptors (Lipinski definition) is 1. The van der Waals surface area contributed by atoms with Gasteiger partial charge in [-0.15, -0.1) is 0 Å². The number of anilines is 1. The van der Waals surface area contributed by atoms with E-state index in [0.29, 0.717) is 0 Å². The second kappa shape index (κ2) is 5.24. The Morgan fingerprint density at radius 3 is 1.68 bits per heavy atom. The van der Waals surface area contributed by atoms with Crippen LogP contribution in [0, 0.1) is 0 Å². The number of hydrogen-bond donors (Lipinski definition) is 0. The molecule has 0 bridgehead atoms. The van der Waals surface area contributed by atoms with Crippen molar-refractivity contribution in [1.82, 2.24) is 4.90 Å². The highest BCUT2D eigenvalue weighted by Gasteiger charge is 2.37. The summed E-state index contributed by atoms with van der Waals surface area (Å²) in [5.74, 6) is 0. The molecule has 0 N–H and O–H groups in total. The minimum Gasteiger partial charge on any atom is -0.315 e. The maximum absolute atomic E-state index is 12.8. The third-order valence-electron chi connectivity index (χ3n) is 2.96. The zero-order valence-corrected chi connectivity index (χ0v) is 13.2. The molecule has 0 spiro atoms. The van der Waals surface area contributed by atoms with Crippen LogP contribution in [0.4, 0.5) is 10.5 Å². The quantitative estimate of drug-likeness (QED) is 0.746. The molecule has 2 amide bonds. The van der Waals surface area contributed by atoms with Crippen LogP contribution in [0.2, 0.25) is 0 Å². The SMILES string of the molecule is CN(C(=O)N(C(C)(C)C)C(C)(C)C)c1ccccc1. The predicted molar refractivity (Wildman–Crippen MR) is 81.6 cm³/mol. The Morgan fingerprint density at radius 2 is 1.32 bits per heavy atom. The number of urea groups is 1. The first kappa shape index (κ1) is 15.5. The van der Waals surface area contributed by atoms with Crippen molar-refractivity contribution < 1.29 is 4.79 Å². The van der Waals surface area contributed by atoms with E-state index in [1.54, 1.807) is 4.90 Å². The number of amides is 2. The molecule has 1 rings (SSSR count). The predicted octanol–water partition coefficient (Wildman–Crippen LogP) is 4.14. The smallest absolute Gasteiger partial charge is 0.315 e. The monoisotopic (exact) mass is 262 g/mol. The fourth-order valence-corrected chi connectivity index (χ4v) is 2.49. The van der Waals surface area contributed by atoms with E-state index >= 15 is 0 Å². The van der Waals surface area contributed by atoms with Gasteiger partial charge in [0.25, 0.3) is 0 Å². The maximum Gasteiger partial charge on any atom is 0.325 e. The van der Waals surface area contributed by atoms with Crippen molar-refractivity contribution in [3.8, 4) is 0 Å². The second-order valence-electron chi connectivity index (χ2n) is 6.85. The largest absolute Gasteiger partial charge is 0.325 e. The second-order valence-corrected chi connectivity index (χ2v) is 6.85. The zero-order valence-electron chi connectivity index (χ0n) is 13.2. The molecule has 0 radical (unpaired) electrons. The molecule has 3 heteroatoms. The molecule has 0 saturated carbocycles. The van der Waals surface area contributed by atoms with Crippen LogP contribution in [0.1, 0.15) is 41.5 Å². The maximum atomic E-state index is 12.8. The number of benzene rings is 1. The van der Waals surface area contributed by atoms with Crippen molar-refractivity contribution in [2.45, 2.75) is 52.6 Å². The van der Waals surface area contributed by atoms with E-state index < -0.39 is 0 Å². The zero-order chi connectivity index (χ0) is 14.8. The fraction of sp³-hybridized carbons (Fsp3) is 0.562. The summed E-state index contributed by atoms with van der Waals surface area (Å²) in [6.07, 6.45) is 0. The third-order valence-corrected chi connectivity index (χ3v) is 2.96. The third kappa shape index (κ3) is 3.72. The van der Waals surface area contributed by atoms with Gasteiger partial charge in [0.05, 0.1) is 0 Å². The molecule has 0 aliphatic carbocycles. The van der Waals surface area contributed by atoms with Crippen molar-refractivity contribution in [3.63, 3.8) is 0 Å². The minimum absolute atomic E-state index is 0.0196. The molecule has 106 valence electrons. The van der Waals surface area contributed by atoms with E-state index in [-0.39, 0.29) is 17.1 Å². The van der Waals surface area contributed by atoms with Crippen LogP contribution >= 0.6 is 0 Å². The lowest BCUT2D eigenvalue weighted by Gasteiger charge is -2.46. The molecule has 0 aliphatic heterocycles. The lowest BCUT2D eigenvalue weighted by Crippen LogP contribution is -2.59. The summed E-state index contributed by atoms with van der Waals surface area (Å²) in [4.78, 5) is 16.4. The van der Waals surface area contributed by atoms with Gasteiger partial charge in [-0.1, -0.05) is 18.2 Å². The van der Waals surface area contributed by atoms with Gasteiger partial charge in [0, 0.05) is 23.8 Å². The molecule has 0 unspecified atom stereocenters. The Morgan fingerprint density at radius 1 is 0.895 bits per heavy atom. The Bertz CT molecular complexity index is 412. The van der Waals surface area contributed by atoms with Crippen molar-refractivity contribution in [1.29, 1.82) is 0 Å². The molecule has 0 aliphatic rings. The molecule has 0 heterocycles. The van der Waals surface area contributed by atoms with Crippen LogP contribution in [0.5, 0.6) is 0 Å². The summed E-state index contributed by atoms with van der Waals surface area (Å²) in [6, 6.07) is 9.75. The number of rotatable bonds is 1. The number of carbonyl (C=O) groups excluding carboxylic acids is 1. The highest BCUT2D eigenvalue weighted by Crippen LogP contribution is 2.27. The molecule has 0 saturated heterocycles. The molecule has 1 aromatic carbocycles. The molecule has 1 aromatic rings. The first-order valence-electron chi connectivity index (χ1n) is 6.68. The summed E-state index contributed by atoms with van der Waals surface area (Å²) in [5.41, 5.74) is 0.461. The molecular formula is C16H26N2O.